The van der Waals surface area contributed by atoms with Crippen molar-refractivity contribution in [1.29, 1.82) is 0 Å². The van der Waals surface area contributed by atoms with Gasteiger partial charge >= 0.3 is 0 Å². The minimum Gasteiger partial charge on any atom is -0.494 e. The fraction of sp³-hybridized carbons (Fsp3) is 0.533. The van der Waals surface area contributed by atoms with Gasteiger partial charge in [0.2, 0.25) is 5.91 Å². The third-order valence-electron chi connectivity index (χ3n) is 4.04. The van der Waals surface area contributed by atoms with Crippen LogP contribution in [0.4, 0.5) is 10.1 Å². The van der Waals surface area contributed by atoms with Crippen molar-refractivity contribution in [3.63, 3.8) is 0 Å². The van der Waals surface area contributed by atoms with Gasteiger partial charge in [-0.05, 0) is 37.9 Å². The van der Waals surface area contributed by atoms with Crippen molar-refractivity contribution in [2.24, 2.45) is 5.41 Å². The summed E-state index contributed by atoms with van der Waals surface area (Å²) in [4.78, 5) is 12.6. The summed E-state index contributed by atoms with van der Waals surface area (Å²) >= 11 is 0. The van der Waals surface area contributed by atoms with Crippen molar-refractivity contribution in [2.45, 2.75) is 26.2 Å². The Morgan fingerprint density at radius 3 is 2.95 bits per heavy atom. The van der Waals surface area contributed by atoms with Crippen molar-refractivity contribution in [2.75, 3.05) is 25.5 Å². The van der Waals surface area contributed by atoms with Crippen molar-refractivity contribution in [3.8, 4) is 5.75 Å². The Labute approximate surface area is 118 Å². The average Bonchev–Trinajstić information content (AvgIpc) is 2.49. The van der Waals surface area contributed by atoms with Crippen molar-refractivity contribution >= 4 is 11.6 Å². The highest BCUT2D eigenvalue weighted by atomic mass is 19.1. The number of carbonyl (C=O) groups is 1. The second-order valence-corrected chi connectivity index (χ2v) is 5.21. The summed E-state index contributed by atoms with van der Waals surface area (Å²) in [6.45, 7) is 3.65. The van der Waals surface area contributed by atoms with Crippen molar-refractivity contribution < 1.29 is 13.9 Å². The quantitative estimate of drug-likeness (QED) is 0.891. The van der Waals surface area contributed by atoms with Crippen LogP contribution >= 0.6 is 0 Å². The van der Waals surface area contributed by atoms with Crippen LogP contribution in [0.15, 0.2) is 18.2 Å². The van der Waals surface area contributed by atoms with Crippen LogP contribution in [0.1, 0.15) is 26.2 Å². The number of methoxy groups -OCH3 is 1. The third kappa shape index (κ3) is 2.93. The highest BCUT2D eigenvalue weighted by Gasteiger charge is 2.38. The molecule has 1 aromatic rings. The van der Waals surface area contributed by atoms with Crippen molar-refractivity contribution in [1.82, 2.24) is 5.32 Å². The summed E-state index contributed by atoms with van der Waals surface area (Å²) in [6.07, 6.45) is 2.63. The van der Waals surface area contributed by atoms with Crippen LogP contribution in [0.25, 0.3) is 0 Å². The number of hydrogen-bond donors (Lipinski definition) is 2. The van der Waals surface area contributed by atoms with Crippen LogP contribution in [0.5, 0.6) is 5.75 Å². The summed E-state index contributed by atoms with van der Waals surface area (Å²) < 4.78 is 18.3. The second-order valence-electron chi connectivity index (χ2n) is 5.21. The van der Waals surface area contributed by atoms with Crippen molar-refractivity contribution in [3.05, 3.63) is 24.0 Å². The van der Waals surface area contributed by atoms with Gasteiger partial charge in [0.05, 0.1) is 18.2 Å². The van der Waals surface area contributed by atoms with Gasteiger partial charge < -0.3 is 15.4 Å². The molecule has 1 heterocycles. The second kappa shape index (κ2) is 6.22. The Morgan fingerprint density at radius 2 is 2.35 bits per heavy atom. The zero-order chi connectivity index (χ0) is 14.6. The van der Waals surface area contributed by atoms with E-state index in [2.05, 4.69) is 10.6 Å². The lowest BCUT2D eigenvalue weighted by Gasteiger charge is -2.35. The van der Waals surface area contributed by atoms with E-state index >= 15 is 0 Å². The van der Waals surface area contributed by atoms with E-state index in [0.717, 1.165) is 25.8 Å². The molecule has 1 aromatic carbocycles. The predicted molar refractivity (Wildman–Crippen MR) is 76.4 cm³/mol. The fourth-order valence-electron chi connectivity index (χ4n) is 2.65. The molecule has 1 fully saturated rings. The molecule has 0 aromatic heterocycles. The van der Waals surface area contributed by atoms with Gasteiger partial charge in [-0.3, -0.25) is 4.79 Å². The molecular formula is C15H21FN2O2. The van der Waals surface area contributed by atoms with Gasteiger partial charge in [-0.1, -0.05) is 6.92 Å². The van der Waals surface area contributed by atoms with Gasteiger partial charge in [-0.15, -0.1) is 0 Å². The number of benzene rings is 1. The predicted octanol–water partition coefficient (Wildman–Crippen LogP) is 2.55. The molecule has 1 amide bonds. The number of piperidine rings is 1. The third-order valence-corrected chi connectivity index (χ3v) is 4.04. The summed E-state index contributed by atoms with van der Waals surface area (Å²) in [5.74, 6) is -0.0742. The Bertz CT molecular complexity index is 485. The van der Waals surface area contributed by atoms with Gasteiger partial charge in [-0.2, -0.15) is 0 Å². The molecule has 0 saturated carbocycles. The molecular weight excluding hydrogens is 259 g/mol. The van der Waals surface area contributed by atoms with E-state index in [1.54, 1.807) is 0 Å². The minimum atomic E-state index is -0.391. The summed E-state index contributed by atoms with van der Waals surface area (Å²) in [6, 6.07) is 4.12. The van der Waals surface area contributed by atoms with E-state index in [9.17, 15) is 9.18 Å². The van der Waals surface area contributed by atoms with Crippen LogP contribution in [-0.2, 0) is 4.79 Å². The highest BCUT2D eigenvalue weighted by molar-refractivity contribution is 5.96. The maximum absolute atomic E-state index is 13.2. The molecule has 110 valence electrons. The van der Waals surface area contributed by atoms with Crippen LogP contribution in [0.2, 0.25) is 0 Å². The van der Waals surface area contributed by atoms with Gasteiger partial charge in [0.25, 0.3) is 0 Å². The largest absolute Gasteiger partial charge is 0.494 e. The average molecular weight is 280 g/mol. The topological polar surface area (TPSA) is 50.4 Å². The molecule has 0 bridgehead atoms. The summed E-state index contributed by atoms with van der Waals surface area (Å²) in [5, 5.41) is 6.16. The highest BCUT2D eigenvalue weighted by Crippen LogP contribution is 2.33. The van der Waals surface area contributed by atoms with Crippen LogP contribution in [-0.4, -0.2) is 26.1 Å². The lowest BCUT2D eigenvalue weighted by Crippen LogP contribution is -2.47. The van der Waals surface area contributed by atoms with E-state index in [4.69, 9.17) is 4.74 Å². The normalized spacial score (nSPS) is 22.4. The van der Waals surface area contributed by atoms with E-state index in [-0.39, 0.29) is 11.7 Å². The van der Waals surface area contributed by atoms with Crippen LogP contribution in [0.3, 0.4) is 0 Å². The maximum atomic E-state index is 13.2. The fourth-order valence-corrected chi connectivity index (χ4v) is 2.65. The number of carbonyl (C=O) groups excluding carboxylic acids is 1. The molecule has 0 radical (unpaired) electrons. The molecule has 2 rings (SSSR count). The molecule has 1 saturated heterocycles. The van der Waals surface area contributed by atoms with Crippen LogP contribution < -0.4 is 15.4 Å². The standard InChI is InChI=1S/C15H21FN2O2/c1-3-15(7-4-8-17-10-15)14(19)18-12-6-5-11(16)9-13(12)20-2/h5-6,9,17H,3-4,7-8,10H2,1-2H3,(H,18,19). The molecule has 1 unspecified atom stereocenters. The molecule has 20 heavy (non-hydrogen) atoms. The maximum Gasteiger partial charge on any atom is 0.231 e. The van der Waals surface area contributed by atoms with E-state index in [0.29, 0.717) is 18.0 Å². The van der Waals surface area contributed by atoms with Gasteiger partial charge in [-0.25, -0.2) is 4.39 Å². The first-order valence-electron chi connectivity index (χ1n) is 6.97. The monoisotopic (exact) mass is 280 g/mol. The molecule has 2 N–H and O–H groups in total. The number of halogens is 1. The number of anilines is 1. The summed E-state index contributed by atoms with van der Waals surface area (Å²) in [7, 11) is 1.46. The Hall–Kier alpha value is -1.62. The molecule has 0 spiro atoms. The Morgan fingerprint density at radius 1 is 1.55 bits per heavy atom. The number of ether oxygens (including phenoxy) is 1. The van der Waals surface area contributed by atoms with Gasteiger partial charge in [0.1, 0.15) is 11.6 Å². The van der Waals surface area contributed by atoms with E-state index in [1.807, 2.05) is 6.92 Å². The van der Waals surface area contributed by atoms with E-state index in [1.165, 1.54) is 25.3 Å². The Balaban J connectivity index is 2.18. The number of amides is 1. The van der Waals surface area contributed by atoms with Gasteiger partial charge in [0.15, 0.2) is 0 Å². The molecule has 1 aliphatic rings. The minimum absolute atomic E-state index is 0.0305. The zero-order valence-corrected chi connectivity index (χ0v) is 12.0. The SMILES string of the molecule is CCC1(C(=O)Nc2ccc(F)cc2OC)CCCNC1. The molecule has 0 aliphatic carbocycles. The molecule has 5 heteroatoms. The smallest absolute Gasteiger partial charge is 0.231 e. The molecule has 4 nitrogen and oxygen atoms in total. The lowest BCUT2D eigenvalue weighted by molar-refractivity contribution is -0.126. The summed E-state index contributed by atoms with van der Waals surface area (Å²) in [5.41, 5.74) is 0.120. The van der Waals surface area contributed by atoms with Gasteiger partial charge in [0, 0.05) is 12.6 Å². The molecule has 1 aliphatic heterocycles. The first kappa shape index (κ1) is 14.8. The molecule has 1 atom stereocenters. The zero-order valence-electron chi connectivity index (χ0n) is 12.0. The number of rotatable bonds is 4. The number of hydrogen-bond acceptors (Lipinski definition) is 3. The number of nitrogens with one attached hydrogen (secondary N) is 2. The van der Waals surface area contributed by atoms with Crippen LogP contribution in [0, 0.1) is 11.2 Å². The van der Waals surface area contributed by atoms with E-state index < -0.39 is 5.41 Å². The first-order chi connectivity index (χ1) is 9.61. The lowest BCUT2D eigenvalue weighted by atomic mass is 9.77. The first-order valence-corrected chi connectivity index (χ1v) is 6.97. The Kier molecular flexibility index (Phi) is 4.60.